The minimum Gasteiger partial charge on any atom is -0.379 e. The normalized spacial score (nSPS) is 18.2. The number of hydrogen-bond acceptors (Lipinski definition) is 5. The molecule has 2 fully saturated rings. The number of carbonyl (C=O) groups excluding carboxylic acids is 1. The second-order valence-corrected chi connectivity index (χ2v) is 8.48. The Morgan fingerprint density at radius 2 is 1.87 bits per heavy atom. The van der Waals surface area contributed by atoms with Gasteiger partial charge in [-0.3, -0.25) is 9.69 Å². The summed E-state index contributed by atoms with van der Waals surface area (Å²) in [5, 5.41) is 3.52. The number of likely N-dealkylation sites (N-methyl/N-ethyl adjacent to an activating group) is 1. The molecule has 31 heavy (non-hydrogen) atoms. The number of hydrogen-bond donors (Lipinski definition) is 1. The van der Waals surface area contributed by atoms with E-state index < -0.39 is 0 Å². The molecule has 1 aromatic rings. The number of rotatable bonds is 7. The van der Waals surface area contributed by atoms with E-state index in [1.807, 2.05) is 0 Å². The number of amides is 1. The Balaban J connectivity index is 1.53. The number of guanidine groups is 1. The van der Waals surface area contributed by atoms with E-state index in [0.29, 0.717) is 0 Å². The molecule has 0 radical (unpaired) electrons. The largest absolute Gasteiger partial charge is 0.379 e. The van der Waals surface area contributed by atoms with Gasteiger partial charge in [0.15, 0.2) is 5.96 Å². The van der Waals surface area contributed by atoms with Crippen LogP contribution in [0.5, 0.6) is 0 Å². The number of morpholine rings is 1. The average Bonchev–Trinajstić information content (AvgIpc) is 2.79. The second-order valence-electron chi connectivity index (χ2n) is 8.48. The lowest BCUT2D eigenvalue weighted by molar-refractivity contribution is -0.127. The predicted molar refractivity (Wildman–Crippen MR) is 126 cm³/mol. The first kappa shape index (κ1) is 23.3. The van der Waals surface area contributed by atoms with Gasteiger partial charge in [0.05, 0.1) is 13.2 Å². The molecule has 1 aromatic carbocycles. The number of carbonyl (C=O) groups is 1. The van der Waals surface area contributed by atoms with Crippen LogP contribution in [0.2, 0.25) is 0 Å². The SMILES string of the molecule is Cc1cccc(N2CCN(C(=NCC(=O)N(C)C)NCCCN3CCOCC3)CC2)c1. The number of nitrogens with one attached hydrogen (secondary N) is 1. The third-order valence-electron chi connectivity index (χ3n) is 5.85. The van der Waals surface area contributed by atoms with Crippen LogP contribution in [0, 0.1) is 6.92 Å². The van der Waals surface area contributed by atoms with Gasteiger partial charge in [0.1, 0.15) is 6.54 Å². The quantitative estimate of drug-likeness (QED) is 0.394. The maximum absolute atomic E-state index is 12.1. The van der Waals surface area contributed by atoms with Gasteiger partial charge < -0.3 is 24.8 Å². The van der Waals surface area contributed by atoms with Crippen molar-refractivity contribution in [3.63, 3.8) is 0 Å². The van der Waals surface area contributed by atoms with Crippen LogP contribution in [0.25, 0.3) is 0 Å². The summed E-state index contributed by atoms with van der Waals surface area (Å²) >= 11 is 0. The van der Waals surface area contributed by atoms with Crippen LogP contribution in [0.1, 0.15) is 12.0 Å². The van der Waals surface area contributed by atoms with E-state index in [9.17, 15) is 4.79 Å². The van der Waals surface area contributed by atoms with E-state index in [0.717, 1.165) is 78.0 Å². The molecule has 0 bridgehead atoms. The molecule has 1 amide bonds. The maximum atomic E-state index is 12.1. The number of anilines is 1. The fourth-order valence-electron chi connectivity index (χ4n) is 3.88. The number of piperazine rings is 1. The molecule has 2 aliphatic heterocycles. The summed E-state index contributed by atoms with van der Waals surface area (Å²) in [6.07, 6.45) is 1.05. The third kappa shape index (κ3) is 7.40. The fraction of sp³-hybridized carbons (Fsp3) is 0.652. The van der Waals surface area contributed by atoms with Gasteiger partial charge in [-0.2, -0.15) is 0 Å². The highest BCUT2D eigenvalue weighted by molar-refractivity contribution is 5.85. The molecule has 2 aliphatic rings. The summed E-state index contributed by atoms with van der Waals surface area (Å²) in [7, 11) is 3.54. The van der Waals surface area contributed by atoms with E-state index in [2.05, 4.69) is 56.2 Å². The lowest BCUT2D eigenvalue weighted by Crippen LogP contribution is -2.53. The Morgan fingerprint density at radius 3 is 2.55 bits per heavy atom. The maximum Gasteiger partial charge on any atom is 0.243 e. The number of ether oxygens (including phenoxy) is 1. The van der Waals surface area contributed by atoms with Crippen LogP contribution in [0.4, 0.5) is 5.69 Å². The minimum atomic E-state index is 0.0195. The standard InChI is InChI=1S/C23H38N6O2/c1-20-6-4-7-21(18-20)28-10-12-29(13-11-28)23(25-19-22(30)26(2)3)24-8-5-9-27-14-16-31-17-15-27/h4,6-7,18H,5,8-17,19H2,1-3H3,(H,24,25). The summed E-state index contributed by atoms with van der Waals surface area (Å²) in [6.45, 7) is 11.6. The van der Waals surface area contributed by atoms with E-state index in [1.165, 1.54) is 11.3 Å². The van der Waals surface area contributed by atoms with Crippen molar-refractivity contribution < 1.29 is 9.53 Å². The number of aryl methyl sites for hydroxylation is 1. The summed E-state index contributed by atoms with van der Waals surface area (Å²) in [4.78, 5) is 25.5. The van der Waals surface area contributed by atoms with Gasteiger partial charge in [-0.05, 0) is 37.6 Å². The molecule has 0 aromatic heterocycles. The monoisotopic (exact) mass is 430 g/mol. The zero-order valence-corrected chi connectivity index (χ0v) is 19.3. The molecular weight excluding hydrogens is 392 g/mol. The molecule has 2 saturated heterocycles. The zero-order chi connectivity index (χ0) is 22.1. The van der Waals surface area contributed by atoms with E-state index >= 15 is 0 Å². The van der Waals surface area contributed by atoms with Gasteiger partial charge in [0.2, 0.25) is 5.91 Å². The van der Waals surface area contributed by atoms with Gasteiger partial charge >= 0.3 is 0 Å². The van der Waals surface area contributed by atoms with Gasteiger partial charge in [-0.25, -0.2) is 4.99 Å². The zero-order valence-electron chi connectivity index (χ0n) is 19.3. The van der Waals surface area contributed by atoms with Crippen molar-refractivity contribution in [2.45, 2.75) is 13.3 Å². The van der Waals surface area contributed by atoms with Crippen LogP contribution in [0.3, 0.4) is 0 Å². The Bertz CT molecular complexity index is 725. The molecule has 172 valence electrons. The van der Waals surface area contributed by atoms with Gasteiger partial charge in [0.25, 0.3) is 0 Å². The minimum absolute atomic E-state index is 0.0195. The molecule has 0 aliphatic carbocycles. The van der Waals surface area contributed by atoms with Crippen molar-refractivity contribution in [2.24, 2.45) is 4.99 Å². The molecule has 0 unspecified atom stereocenters. The van der Waals surface area contributed by atoms with Crippen LogP contribution >= 0.6 is 0 Å². The Hall–Kier alpha value is -2.32. The topological polar surface area (TPSA) is 63.7 Å². The number of benzene rings is 1. The highest BCUT2D eigenvalue weighted by atomic mass is 16.5. The third-order valence-corrected chi connectivity index (χ3v) is 5.85. The van der Waals surface area contributed by atoms with E-state index in [1.54, 1.807) is 19.0 Å². The molecule has 8 heteroatoms. The van der Waals surface area contributed by atoms with Crippen LogP contribution in [-0.2, 0) is 9.53 Å². The van der Waals surface area contributed by atoms with Crippen molar-refractivity contribution >= 4 is 17.6 Å². The summed E-state index contributed by atoms with van der Waals surface area (Å²) in [6, 6.07) is 8.67. The summed E-state index contributed by atoms with van der Waals surface area (Å²) in [5.41, 5.74) is 2.56. The summed E-state index contributed by atoms with van der Waals surface area (Å²) in [5.74, 6) is 0.868. The Morgan fingerprint density at radius 1 is 1.13 bits per heavy atom. The fourth-order valence-corrected chi connectivity index (χ4v) is 3.88. The first-order valence-corrected chi connectivity index (χ1v) is 11.4. The predicted octanol–water partition coefficient (Wildman–Crippen LogP) is 0.873. The highest BCUT2D eigenvalue weighted by Gasteiger charge is 2.20. The van der Waals surface area contributed by atoms with Gasteiger partial charge in [-0.15, -0.1) is 0 Å². The van der Waals surface area contributed by atoms with E-state index in [4.69, 9.17) is 4.74 Å². The second kappa shape index (κ2) is 11.9. The first-order chi connectivity index (χ1) is 15.0. The van der Waals surface area contributed by atoms with Crippen LogP contribution in [-0.4, -0.2) is 113 Å². The Labute approximate surface area is 186 Å². The highest BCUT2D eigenvalue weighted by Crippen LogP contribution is 2.17. The van der Waals surface area contributed by atoms with Gasteiger partial charge in [0, 0.05) is 65.6 Å². The smallest absolute Gasteiger partial charge is 0.243 e. The van der Waals surface area contributed by atoms with Crippen molar-refractivity contribution in [2.75, 3.05) is 91.1 Å². The lowest BCUT2D eigenvalue weighted by atomic mass is 10.2. The van der Waals surface area contributed by atoms with E-state index in [-0.39, 0.29) is 12.5 Å². The Kier molecular flexibility index (Phi) is 8.97. The van der Waals surface area contributed by atoms with Crippen LogP contribution < -0.4 is 10.2 Å². The average molecular weight is 431 g/mol. The first-order valence-electron chi connectivity index (χ1n) is 11.4. The van der Waals surface area contributed by atoms with Crippen molar-refractivity contribution in [1.82, 2.24) is 20.0 Å². The molecule has 2 heterocycles. The molecule has 1 N–H and O–H groups in total. The van der Waals surface area contributed by atoms with Gasteiger partial charge in [-0.1, -0.05) is 12.1 Å². The molecule has 3 rings (SSSR count). The molecule has 8 nitrogen and oxygen atoms in total. The molecular formula is C23H38N6O2. The number of aliphatic imine (C=N–C) groups is 1. The van der Waals surface area contributed by atoms with Crippen LogP contribution in [0.15, 0.2) is 29.3 Å². The molecule has 0 spiro atoms. The molecule has 0 atom stereocenters. The molecule has 0 saturated carbocycles. The summed E-state index contributed by atoms with van der Waals surface area (Å²) < 4.78 is 5.42. The van der Waals surface area contributed by atoms with Crippen molar-refractivity contribution in [3.05, 3.63) is 29.8 Å². The van der Waals surface area contributed by atoms with Crippen molar-refractivity contribution in [3.8, 4) is 0 Å². The van der Waals surface area contributed by atoms with Crippen molar-refractivity contribution in [1.29, 1.82) is 0 Å². The lowest BCUT2D eigenvalue weighted by Gasteiger charge is -2.38. The number of nitrogens with zero attached hydrogens (tertiary/aromatic N) is 5.